The fourth-order valence-corrected chi connectivity index (χ4v) is 2.93. The van der Waals surface area contributed by atoms with E-state index < -0.39 is 11.6 Å². The van der Waals surface area contributed by atoms with Crippen LogP contribution < -0.4 is 9.64 Å². The van der Waals surface area contributed by atoms with Crippen LogP contribution in [0.2, 0.25) is 0 Å². The number of nitrogens with zero attached hydrogens (tertiary/aromatic N) is 1. The van der Waals surface area contributed by atoms with E-state index in [9.17, 15) is 13.6 Å². The van der Waals surface area contributed by atoms with Crippen molar-refractivity contribution in [3.63, 3.8) is 0 Å². The monoisotopic (exact) mass is 331 g/mol. The third-order valence-electron chi connectivity index (χ3n) is 4.36. The number of halogens is 2. The second-order valence-electron chi connectivity index (χ2n) is 5.87. The molecule has 2 aromatic rings. The lowest BCUT2D eigenvalue weighted by molar-refractivity contribution is -0.120. The Hall–Kier alpha value is -2.43. The van der Waals surface area contributed by atoms with Crippen LogP contribution in [0, 0.1) is 17.6 Å². The summed E-state index contributed by atoms with van der Waals surface area (Å²) in [6.07, 6.45) is 1.38. The molecular formula is C19H19F2NO2. The van der Waals surface area contributed by atoms with Crippen LogP contribution in [-0.2, 0) is 11.4 Å². The van der Waals surface area contributed by atoms with Gasteiger partial charge in [0.25, 0.3) is 0 Å². The molecular weight excluding hydrogens is 312 g/mol. The van der Waals surface area contributed by atoms with Crippen molar-refractivity contribution in [3.05, 3.63) is 59.7 Å². The molecule has 0 aliphatic carbocycles. The molecule has 5 heteroatoms. The number of ether oxygens (including phenoxy) is 1. The molecule has 3 rings (SSSR count). The van der Waals surface area contributed by atoms with Gasteiger partial charge in [-0.25, -0.2) is 4.39 Å². The van der Waals surface area contributed by atoms with Crippen LogP contribution >= 0.6 is 0 Å². The summed E-state index contributed by atoms with van der Waals surface area (Å²) in [6, 6.07) is 12.0. The van der Waals surface area contributed by atoms with E-state index in [4.69, 9.17) is 4.74 Å². The first kappa shape index (κ1) is 16.4. The highest BCUT2D eigenvalue weighted by atomic mass is 19.2. The summed E-state index contributed by atoms with van der Waals surface area (Å²) in [5, 5.41) is 0. The van der Waals surface area contributed by atoms with Crippen LogP contribution in [0.1, 0.15) is 25.3 Å². The lowest BCUT2D eigenvalue weighted by atomic mass is 10.1. The molecule has 24 heavy (non-hydrogen) atoms. The molecule has 3 nitrogen and oxygen atoms in total. The molecule has 1 amide bonds. The van der Waals surface area contributed by atoms with Crippen LogP contribution in [0.25, 0.3) is 0 Å². The normalized spacial score (nSPS) is 17.4. The van der Waals surface area contributed by atoms with Crippen molar-refractivity contribution in [1.29, 1.82) is 0 Å². The molecule has 0 N–H and O–H groups in total. The third kappa shape index (κ3) is 3.11. The Morgan fingerprint density at radius 3 is 2.54 bits per heavy atom. The maximum absolute atomic E-state index is 14.4. The zero-order chi connectivity index (χ0) is 17.1. The van der Waals surface area contributed by atoms with E-state index in [1.165, 1.54) is 17.0 Å². The number of rotatable bonds is 5. The van der Waals surface area contributed by atoms with Gasteiger partial charge in [-0.15, -0.1) is 0 Å². The molecule has 1 atom stereocenters. The minimum Gasteiger partial charge on any atom is -0.486 e. The van der Waals surface area contributed by atoms with Gasteiger partial charge in [0, 0.05) is 12.5 Å². The molecule has 1 saturated heterocycles. The van der Waals surface area contributed by atoms with Gasteiger partial charge >= 0.3 is 0 Å². The van der Waals surface area contributed by atoms with Crippen molar-refractivity contribution in [1.82, 2.24) is 0 Å². The highest BCUT2D eigenvalue weighted by Gasteiger charge is 2.33. The predicted octanol–water partition coefficient (Wildman–Crippen LogP) is 4.31. The quantitative estimate of drug-likeness (QED) is 0.817. The standard InChI is InChI=1S/C19H19F2NO2/c1-2-14-10-11-22(19(14)23)15-8-9-16(18(21)17(15)20)24-12-13-6-4-3-5-7-13/h3-9,14H,2,10-12H2,1H3. The summed E-state index contributed by atoms with van der Waals surface area (Å²) >= 11 is 0. The smallest absolute Gasteiger partial charge is 0.230 e. The number of benzene rings is 2. The van der Waals surface area contributed by atoms with Crippen molar-refractivity contribution < 1.29 is 18.3 Å². The molecule has 2 aromatic carbocycles. The molecule has 0 bridgehead atoms. The van der Waals surface area contributed by atoms with E-state index >= 15 is 0 Å². The van der Waals surface area contributed by atoms with Crippen molar-refractivity contribution >= 4 is 11.6 Å². The summed E-state index contributed by atoms with van der Waals surface area (Å²) < 4.78 is 34.1. The van der Waals surface area contributed by atoms with Gasteiger partial charge in [-0.1, -0.05) is 37.3 Å². The molecule has 0 saturated carbocycles. The number of carbonyl (C=O) groups excluding carboxylic acids is 1. The van der Waals surface area contributed by atoms with E-state index in [0.29, 0.717) is 19.4 Å². The Kier molecular flexibility index (Phi) is 4.79. The number of carbonyl (C=O) groups is 1. The maximum Gasteiger partial charge on any atom is 0.230 e. The van der Waals surface area contributed by atoms with Crippen LogP contribution in [-0.4, -0.2) is 12.5 Å². The minimum atomic E-state index is -1.06. The van der Waals surface area contributed by atoms with Crippen LogP contribution in [0.5, 0.6) is 5.75 Å². The molecule has 0 radical (unpaired) electrons. The minimum absolute atomic E-state index is 0.0134. The number of hydrogen-bond acceptors (Lipinski definition) is 2. The van der Waals surface area contributed by atoms with E-state index in [1.807, 2.05) is 37.3 Å². The summed E-state index contributed by atoms with van der Waals surface area (Å²) in [6.45, 7) is 2.48. The molecule has 126 valence electrons. The first-order valence-electron chi connectivity index (χ1n) is 8.08. The van der Waals surface area contributed by atoms with Gasteiger partial charge in [-0.05, 0) is 30.5 Å². The Morgan fingerprint density at radius 1 is 1.12 bits per heavy atom. The molecule has 1 aliphatic rings. The van der Waals surface area contributed by atoms with E-state index in [2.05, 4.69) is 0 Å². The number of anilines is 1. The molecule has 0 aromatic heterocycles. The molecule has 1 aliphatic heterocycles. The zero-order valence-corrected chi connectivity index (χ0v) is 13.5. The first-order chi connectivity index (χ1) is 11.6. The summed E-state index contributed by atoms with van der Waals surface area (Å²) in [5.74, 6) is -2.50. The van der Waals surface area contributed by atoms with Gasteiger partial charge in [-0.2, -0.15) is 4.39 Å². The molecule has 0 spiro atoms. The zero-order valence-electron chi connectivity index (χ0n) is 13.5. The van der Waals surface area contributed by atoms with E-state index in [1.54, 1.807) is 0 Å². The van der Waals surface area contributed by atoms with Crippen molar-refractivity contribution in [2.75, 3.05) is 11.4 Å². The van der Waals surface area contributed by atoms with Gasteiger partial charge in [0.2, 0.25) is 11.7 Å². The third-order valence-corrected chi connectivity index (χ3v) is 4.36. The summed E-state index contributed by atoms with van der Waals surface area (Å²) in [5.41, 5.74) is 0.849. The summed E-state index contributed by atoms with van der Waals surface area (Å²) in [7, 11) is 0. The van der Waals surface area contributed by atoms with E-state index in [0.717, 1.165) is 5.56 Å². The highest BCUT2D eigenvalue weighted by Crippen LogP contribution is 2.33. The fraction of sp³-hybridized carbons (Fsp3) is 0.316. The highest BCUT2D eigenvalue weighted by molar-refractivity contribution is 5.97. The second kappa shape index (κ2) is 6.99. The van der Waals surface area contributed by atoms with Gasteiger partial charge in [-0.3, -0.25) is 4.79 Å². The van der Waals surface area contributed by atoms with Crippen LogP contribution in [0.3, 0.4) is 0 Å². The van der Waals surface area contributed by atoms with Gasteiger partial charge in [0.15, 0.2) is 11.6 Å². The average Bonchev–Trinajstić information content (AvgIpc) is 2.98. The molecule has 1 unspecified atom stereocenters. The van der Waals surface area contributed by atoms with Crippen LogP contribution in [0.4, 0.5) is 14.5 Å². The van der Waals surface area contributed by atoms with Gasteiger partial charge in [0.05, 0.1) is 5.69 Å². The van der Waals surface area contributed by atoms with Crippen molar-refractivity contribution in [3.8, 4) is 5.75 Å². The van der Waals surface area contributed by atoms with Gasteiger partial charge < -0.3 is 9.64 Å². The lowest BCUT2D eigenvalue weighted by Gasteiger charge is -2.18. The fourth-order valence-electron chi connectivity index (χ4n) is 2.93. The SMILES string of the molecule is CCC1CCN(c2ccc(OCc3ccccc3)c(F)c2F)C1=O. The van der Waals surface area contributed by atoms with Crippen LogP contribution in [0.15, 0.2) is 42.5 Å². The largest absolute Gasteiger partial charge is 0.486 e. The Labute approximate surface area is 139 Å². The molecule has 1 heterocycles. The van der Waals surface area contributed by atoms with E-state index in [-0.39, 0.29) is 29.9 Å². The predicted molar refractivity (Wildman–Crippen MR) is 87.9 cm³/mol. The first-order valence-corrected chi connectivity index (χ1v) is 8.08. The van der Waals surface area contributed by atoms with Crippen molar-refractivity contribution in [2.24, 2.45) is 5.92 Å². The Bertz CT molecular complexity index is 734. The number of amides is 1. The topological polar surface area (TPSA) is 29.5 Å². The Morgan fingerprint density at radius 2 is 1.88 bits per heavy atom. The van der Waals surface area contributed by atoms with Crippen molar-refractivity contribution in [2.45, 2.75) is 26.4 Å². The molecule has 1 fully saturated rings. The summed E-state index contributed by atoms with van der Waals surface area (Å²) in [4.78, 5) is 13.5. The lowest BCUT2D eigenvalue weighted by Crippen LogP contribution is -2.28. The second-order valence-corrected chi connectivity index (χ2v) is 5.87. The Balaban J connectivity index is 1.78. The average molecular weight is 331 g/mol. The maximum atomic E-state index is 14.4. The number of hydrogen-bond donors (Lipinski definition) is 0. The van der Waals surface area contributed by atoms with Gasteiger partial charge in [0.1, 0.15) is 6.61 Å².